The number of esters is 1. The van der Waals surface area contributed by atoms with Gasteiger partial charge in [0.05, 0.1) is 19.7 Å². The quantitative estimate of drug-likeness (QED) is 0.421. The van der Waals surface area contributed by atoms with E-state index in [1.165, 1.54) is 0 Å². The second kappa shape index (κ2) is 8.99. The fourth-order valence-corrected chi connectivity index (χ4v) is 4.88. The number of nitrogens with one attached hydrogen (secondary N) is 2. The molecule has 158 valence electrons. The molecule has 1 aromatic rings. The highest BCUT2D eigenvalue weighted by Gasteiger charge is 2.44. The minimum absolute atomic E-state index is 0.0578. The number of piperazine rings is 1. The highest BCUT2D eigenvalue weighted by molar-refractivity contribution is 7.89. The van der Waals surface area contributed by atoms with Crippen LogP contribution in [0.2, 0.25) is 0 Å². The Morgan fingerprint density at radius 2 is 1.79 bits per heavy atom. The van der Waals surface area contributed by atoms with Gasteiger partial charge in [-0.15, -0.1) is 0 Å². The molecule has 11 heteroatoms. The summed E-state index contributed by atoms with van der Waals surface area (Å²) in [6, 6.07) is 8.60. The molecule has 3 rings (SSSR count). The van der Waals surface area contributed by atoms with Crippen molar-refractivity contribution in [1.82, 2.24) is 20.1 Å². The van der Waals surface area contributed by atoms with Gasteiger partial charge in [-0.25, -0.2) is 19.3 Å². The number of benzene rings is 1. The van der Waals surface area contributed by atoms with Crippen LogP contribution < -0.4 is 10.9 Å². The Balaban J connectivity index is 1.60. The van der Waals surface area contributed by atoms with E-state index in [-0.39, 0.29) is 19.6 Å². The molecular formula is C18H24N4O6S. The first-order valence-electron chi connectivity index (χ1n) is 9.36. The van der Waals surface area contributed by atoms with Crippen molar-refractivity contribution >= 4 is 27.8 Å². The lowest BCUT2D eigenvalue weighted by Crippen LogP contribution is -2.58. The molecule has 2 aliphatic heterocycles. The summed E-state index contributed by atoms with van der Waals surface area (Å²) in [5.41, 5.74) is 6.13. The van der Waals surface area contributed by atoms with Crippen LogP contribution in [0.15, 0.2) is 30.3 Å². The first kappa shape index (κ1) is 21.4. The molecule has 2 heterocycles. The van der Waals surface area contributed by atoms with Gasteiger partial charge in [0.2, 0.25) is 21.8 Å². The van der Waals surface area contributed by atoms with E-state index in [1.54, 1.807) is 6.92 Å². The molecule has 2 atom stereocenters. The maximum absolute atomic E-state index is 12.8. The number of hydrogen-bond acceptors (Lipinski definition) is 8. The van der Waals surface area contributed by atoms with Crippen molar-refractivity contribution in [2.75, 3.05) is 26.2 Å². The summed E-state index contributed by atoms with van der Waals surface area (Å²) in [5.74, 6) is -1.68. The van der Waals surface area contributed by atoms with E-state index in [0.717, 1.165) is 14.8 Å². The van der Waals surface area contributed by atoms with E-state index in [0.29, 0.717) is 6.42 Å². The molecule has 0 radical (unpaired) electrons. The number of sulfonamides is 1. The standard InChI is InChI=1S/C18H24N4O6S/c1-2-28-18(25)14-10-15(20-19-14)29(26,27)21-11-16(23)22(17(24)12-21)9-8-13-6-4-3-5-7-13/h3-7,14-15,19-20H,2,8-12H2,1H3. The van der Waals surface area contributed by atoms with Crippen molar-refractivity contribution in [1.29, 1.82) is 0 Å². The van der Waals surface area contributed by atoms with E-state index in [4.69, 9.17) is 4.74 Å². The van der Waals surface area contributed by atoms with Crippen LogP contribution in [0.5, 0.6) is 0 Å². The first-order valence-corrected chi connectivity index (χ1v) is 10.9. The second-order valence-electron chi connectivity index (χ2n) is 6.81. The Hall–Kier alpha value is -2.34. The molecule has 2 fully saturated rings. The molecule has 2 N–H and O–H groups in total. The summed E-state index contributed by atoms with van der Waals surface area (Å²) in [7, 11) is -4.02. The van der Waals surface area contributed by atoms with Crippen molar-refractivity contribution in [3.05, 3.63) is 35.9 Å². The molecule has 10 nitrogen and oxygen atoms in total. The predicted octanol–water partition coefficient (Wildman–Crippen LogP) is -1.01. The zero-order valence-corrected chi connectivity index (χ0v) is 16.9. The highest BCUT2D eigenvalue weighted by atomic mass is 32.2. The van der Waals surface area contributed by atoms with Crippen molar-refractivity contribution in [2.24, 2.45) is 0 Å². The lowest BCUT2D eigenvalue weighted by molar-refractivity contribution is -0.149. The fourth-order valence-electron chi connectivity index (χ4n) is 3.28. The van der Waals surface area contributed by atoms with Crippen molar-refractivity contribution < 1.29 is 27.5 Å². The van der Waals surface area contributed by atoms with E-state index in [1.807, 2.05) is 30.3 Å². The van der Waals surface area contributed by atoms with Gasteiger partial charge in [0.25, 0.3) is 0 Å². The largest absolute Gasteiger partial charge is 0.465 e. The molecule has 29 heavy (non-hydrogen) atoms. The van der Waals surface area contributed by atoms with Gasteiger partial charge in [0.15, 0.2) is 0 Å². The number of hydrazine groups is 1. The van der Waals surface area contributed by atoms with Crippen LogP contribution in [0.25, 0.3) is 0 Å². The van der Waals surface area contributed by atoms with E-state index < -0.39 is 52.3 Å². The Morgan fingerprint density at radius 3 is 2.41 bits per heavy atom. The van der Waals surface area contributed by atoms with Gasteiger partial charge < -0.3 is 4.74 Å². The van der Waals surface area contributed by atoms with Gasteiger partial charge in [0.1, 0.15) is 11.4 Å². The Labute approximate surface area is 169 Å². The normalized spacial score (nSPS) is 23.4. The summed E-state index contributed by atoms with van der Waals surface area (Å²) in [4.78, 5) is 37.8. The maximum Gasteiger partial charge on any atom is 0.324 e. The Kier molecular flexibility index (Phi) is 6.63. The van der Waals surface area contributed by atoms with Gasteiger partial charge in [-0.1, -0.05) is 30.3 Å². The number of hydrogen-bond donors (Lipinski definition) is 2. The van der Waals surface area contributed by atoms with Crippen LogP contribution in [0.4, 0.5) is 0 Å². The number of rotatable bonds is 7. The summed E-state index contributed by atoms with van der Waals surface area (Å²) in [6.07, 6.45) is 0.443. The van der Waals surface area contributed by atoms with Crippen LogP contribution in [-0.2, 0) is 35.6 Å². The van der Waals surface area contributed by atoms with Gasteiger partial charge in [-0.2, -0.15) is 4.31 Å². The lowest BCUT2D eigenvalue weighted by Gasteiger charge is -2.33. The molecule has 0 saturated carbocycles. The third-order valence-electron chi connectivity index (χ3n) is 4.85. The molecule has 2 amide bonds. The van der Waals surface area contributed by atoms with Gasteiger partial charge >= 0.3 is 5.97 Å². The second-order valence-corrected chi connectivity index (χ2v) is 8.92. The van der Waals surface area contributed by atoms with Crippen LogP contribution in [-0.4, -0.2) is 73.1 Å². The average molecular weight is 424 g/mol. The molecule has 0 bridgehead atoms. The monoisotopic (exact) mass is 424 g/mol. The van der Waals surface area contributed by atoms with E-state index in [2.05, 4.69) is 10.9 Å². The Bertz CT molecular complexity index is 858. The smallest absolute Gasteiger partial charge is 0.324 e. The molecule has 0 spiro atoms. The summed E-state index contributed by atoms with van der Waals surface area (Å²) in [6.45, 7) is 1.21. The van der Waals surface area contributed by atoms with Crippen LogP contribution in [0.1, 0.15) is 18.9 Å². The molecule has 2 unspecified atom stereocenters. The zero-order chi connectivity index (χ0) is 21.0. The summed E-state index contributed by atoms with van der Waals surface area (Å²) < 4.78 is 31.4. The molecule has 1 aromatic carbocycles. The van der Waals surface area contributed by atoms with Crippen molar-refractivity contribution in [2.45, 2.75) is 31.2 Å². The predicted molar refractivity (Wildman–Crippen MR) is 102 cm³/mol. The average Bonchev–Trinajstić information content (AvgIpc) is 3.19. The van der Waals surface area contributed by atoms with Crippen molar-refractivity contribution in [3.8, 4) is 0 Å². The third-order valence-corrected chi connectivity index (χ3v) is 6.86. The lowest BCUT2D eigenvalue weighted by atomic mass is 10.1. The van der Waals surface area contributed by atoms with Crippen LogP contribution in [0, 0.1) is 0 Å². The van der Waals surface area contributed by atoms with Crippen LogP contribution >= 0.6 is 0 Å². The van der Waals surface area contributed by atoms with Gasteiger partial charge in [0, 0.05) is 13.0 Å². The van der Waals surface area contributed by atoms with Gasteiger partial charge in [-0.05, 0) is 18.9 Å². The van der Waals surface area contributed by atoms with Gasteiger partial charge in [-0.3, -0.25) is 19.3 Å². The molecule has 2 saturated heterocycles. The maximum atomic E-state index is 12.8. The minimum Gasteiger partial charge on any atom is -0.465 e. The topological polar surface area (TPSA) is 125 Å². The van der Waals surface area contributed by atoms with Crippen LogP contribution in [0.3, 0.4) is 0 Å². The number of amides is 2. The molecule has 0 aliphatic carbocycles. The molecular weight excluding hydrogens is 400 g/mol. The number of carbonyl (C=O) groups excluding carboxylic acids is 3. The molecule has 0 aromatic heterocycles. The number of carbonyl (C=O) groups is 3. The zero-order valence-electron chi connectivity index (χ0n) is 16.0. The molecule has 2 aliphatic rings. The SMILES string of the molecule is CCOC(=O)C1CC(S(=O)(=O)N2CC(=O)N(CCc3ccccc3)C(=O)C2)NN1. The minimum atomic E-state index is -4.02. The van der Waals surface area contributed by atoms with Crippen molar-refractivity contribution in [3.63, 3.8) is 0 Å². The summed E-state index contributed by atoms with van der Waals surface area (Å²) >= 11 is 0. The number of ether oxygens (including phenoxy) is 1. The first-order chi connectivity index (χ1) is 13.8. The van der Waals surface area contributed by atoms with E-state index >= 15 is 0 Å². The number of nitrogens with zero attached hydrogens (tertiary/aromatic N) is 2. The number of imide groups is 1. The summed E-state index contributed by atoms with van der Waals surface area (Å²) in [5, 5.41) is -1.13. The van der Waals surface area contributed by atoms with E-state index in [9.17, 15) is 22.8 Å². The highest BCUT2D eigenvalue weighted by Crippen LogP contribution is 2.19. The fraction of sp³-hybridized carbons (Fsp3) is 0.500. The Morgan fingerprint density at radius 1 is 1.14 bits per heavy atom. The third kappa shape index (κ3) is 4.81.